The van der Waals surface area contributed by atoms with Gasteiger partial charge in [0.15, 0.2) is 0 Å². The molecule has 1 heterocycles. The molecule has 1 aliphatic carbocycles. The summed E-state index contributed by atoms with van der Waals surface area (Å²) in [5.41, 5.74) is -0.377. The second-order valence-electron chi connectivity index (χ2n) is 5.33. The van der Waals surface area contributed by atoms with Crippen LogP contribution in [-0.2, 0) is 10.2 Å². The average molecular weight is 281 g/mol. The van der Waals surface area contributed by atoms with E-state index < -0.39 is 10.2 Å². The minimum atomic E-state index is -3.36. The molecule has 0 bridgehead atoms. The molecule has 4 nitrogen and oxygen atoms in total. The highest BCUT2D eigenvalue weighted by atomic mass is 35.5. The molecule has 1 unspecified atom stereocenters. The van der Waals surface area contributed by atoms with Crippen LogP contribution in [0.1, 0.15) is 45.4 Å². The molecule has 2 fully saturated rings. The van der Waals surface area contributed by atoms with Crippen LogP contribution in [0.15, 0.2) is 0 Å². The van der Waals surface area contributed by atoms with Crippen molar-refractivity contribution in [2.24, 2.45) is 0 Å². The maximum Gasteiger partial charge on any atom is 0.280 e. The Kier molecular flexibility index (Phi) is 4.02. The molecule has 0 radical (unpaired) electrons. The van der Waals surface area contributed by atoms with Crippen molar-refractivity contribution in [3.8, 4) is 0 Å². The van der Waals surface area contributed by atoms with Crippen LogP contribution in [0.4, 0.5) is 0 Å². The van der Waals surface area contributed by atoms with Crippen LogP contribution in [0.25, 0.3) is 0 Å². The molecule has 100 valence electrons. The summed E-state index contributed by atoms with van der Waals surface area (Å²) in [7, 11) is -3.36. The molecular formula is C11H21ClN2O2S. The SMILES string of the molecule is CC1CCCCN1S(=O)(=O)NC1(CCl)CCC1. The minimum absolute atomic E-state index is 0.105. The molecule has 1 saturated carbocycles. The van der Waals surface area contributed by atoms with Crippen molar-refractivity contribution in [3.63, 3.8) is 0 Å². The first-order valence-electron chi connectivity index (χ1n) is 6.36. The minimum Gasteiger partial charge on any atom is -0.195 e. The number of piperidine rings is 1. The first kappa shape index (κ1) is 13.6. The van der Waals surface area contributed by atoms with E-state index in [1.807, 2.05) is 6.92 Å². The van der Waals surface area contributed by atoms with Crippen molar-refractivity contribution in [3.05, 3.63) is 0 Å². The van der Waals surface area contributed by atoms with Crippen molar-refractivity contribution >= 4 is 21.8 Å². The van der Waals surface area contributed by atoms with E-state index in [1.165, 1.54) is 0 Å². The molecule has 0 spiro atoms. The summed E-state index contributed by atoms with van der Waals surface area (Å²) in [5, 5.41) is 0. The number of hydrogen-bond donors (Lipinski definition) is 1. The van der Waals surface area contributed by atoms with Crippen LogP contribution >= 0.6 is 11.6 Å². The number of halogens is 1. The first-order valence-corrected chi connectivity index (χ1v) is 8.33. The van der Waals surface area contributed by atoms with Gasteiger partial charge in [-0.25, -0.2) is 0 Å². The van der Waals surface area contributed by atoms with Gasteiger partial charge in [-0.3, -0.25) is 0 Å². The Balaban J connectivity index is 2.07. The fraction of sp³-hybridized carbons (Fsp3) is 1.00. The highest BCUT2D eigenvalue weighted by Crippen LogP contribution is 2.34. The summed E-state index contributed by atoms with van der Waals surface area (Å²) in [6, 6.07) is 0.105. The number of rotatable bonds is 4. The zero-order valence-electron chi connectivity index (χ0n) is 10.3. The van der Waals surface area contributed by atoms with Gasteiger partial charge in [0.2, 0.25) is 0 Å². The van der Waals surface area contributed by atoms with Gasteiger partial charge in [0, 0.05) is 24.0 Å². The van der Waals surface area contributed by atoms with Crippen molar-refractivity contribution in [2.45, 2.75) is 57.0 Å². The second-order valence-corrected chi connectivity index (χ2v) is 7.22. The molecule has 0 amide bonds. The first-order chi connectivity index (χ1) is 7.99. The number of hydrogen-bond acceptors (Lipinski definition) is 2. The molecule has 6 heteroatoms. The summed E-state index contributed by atoms with van der Waals surface area (Å²) < 4.78 is 29.1. The second kappa shape index (κ2) is 5.03. The average Bonchev–Trinajstić information content (AvgIpc) is 2.24. The van der Waals surface area contributed by atoms with Crippen LogP contribution in [0, 0.1) is 0 Å². The van der Waals surface area contributed by atoms with Gasteiger partial charge in [0.25, 0.3) is 10.2 Å². The van der Waals surface area contributed by atoms with E-state index in [-0.39, 0.29) is 11.6 Å². The van der Waals surface area contributed by atoms with Crippen LogP contribution in [-0.4, -0.2) is 36.7 Å². The zero-order chi connectivity index (χ0) is 12.5. The van der Waals surface area contributed by atoms with E-state index in [4.69, 9.17) is 11.6 Å². The third kappa shape index (κ3) is 2.78. The maximum absolute atomic E-state index is 12.3. The quantitative estimate of drug-likeness (QED) is 0.799. The van der Waals surface area contributed by atoms with Gasteiger partial charge in [0.05, 0.1) is 0 Å². The van der Waals surface area contributed by atoms with Crippen molar-refractivity contribution in [1.82, 2.24) is 9.03 Å². The summed E-state index contributed by atoms with van der Waals surface area (Å²) in [5.74, 6) is 0.369. The normalized spacial score (nSPS) is 29.9. The largest absolute Gasteiger partial charge is 0.280 e. The summed E-state index contributed by atoms with van der Waals surface area (Å²) in [4.78, 5) is 0. The Bertz CT molecular complexity index is 362. The monoisotopic (exact) mass is 280 g/mol. The maximum atomic E-state index is 12.3. The molecular weight excluding hydrogens is 260 g/mol. The van der Waals surface area contributed by atoms with Gasteiger partial charge < -0.3 is 0 Å². The Labute approximate surface area is 109 Å². The van der Waals surface area contributed by atoms with Crippen molar-refractivity contribution in [1.29, 1.82) is 0 Å². The van der Waals surface area contributed by atoms with Gasteiger partial charge in [-0.2, -0.15) is 17.4 Å². The predicted molar refractivity (Wildman–Crippen MR) is 69.4 cm³/mol. The molecule has 0 aromatic heterocycles. The van der Waals surface area contributed by atoms with E-state index >= 15 is 0 Å². The third-order valence-corrected chi connectivity index (χ3v) is 6.33. The molecule has 2 rings (SSSR count). The number of alkyl halides is 1. The highest BCUT2D eigenvalue weighted by molar-refractivity contribution is 7.87. The van der Waals surface area contributed by atoms with Gasteiger partial charge in [-0.15, -0.1) is 11.6 Å². The molecule has 1 N–H and O–H groups in total. The molecule has 0 aromatic rings. The predicted octanol–water partition coefficient (Wildman–Crippen LogP) is 1.86. The zero-order valence-corrected chi connectivity index (χ0v) is 11.9. The van der Waals surface area contributed by atoms with Crippen LogP contribution < -0.4 is 4.72 Å². The molecule has 1 aliphatic heterocycles. The summed E-state index contributed by atoms with van der Waals surface area (Å²) in [6.45, 7) is 2.61. The van der Waals surface area contributed by atoms with Gasteiger partial charge in [-0.1, -0.05) is 6.42 Å². The van der Waals surface area contributed by atoms with Gasteiger partial charge >= 0.3 is 0 Å². The van der Waals surface area contributed by atoms with Crippen LogP contribution in [0.5, 0.6) is 0 Å². The molecule has 1 saturated heterocycles. The molecule has 2 aliphatic rings. The van der Waals surface area contributed by atoms with Crippen molar-refractivity contribution in [2.75, 3.05) is 12.4 Å². The van der Waals surface area contributed by atoms with Crippen molar-refractivity contribution < 1.29 is 8.42 Å². The number of nitrogens with one attached hydrogen (secondary N) is 1. The summed E-state index contributed by atoms with van der Waals surface area (Å²) >= 11 is 5.90. The Hall–Kier alpha value is 0.160. The van der Waals surface area contributed by atoms with Gasteiger partial charge in [0.1, 0.15) is 0 Å². The lowest BCUT2D eigenvalue weighted by Crippen LogP contribution is -2.60. The topological polar surface area (TPSA) is 49.4 Å². The molecule has 1 atom stereocenters. The lowest BCUT2D eigenvalue weighted by Gasteiger charge is -2.43. The van der Waals surface area contributed by atoms with Crippen LogP contribution in [0.2, 0.25) is 0 Å². The Morgan fingerprint density at radius 1 is 1.35 bits per heavy atom. The fourth-order valence-corrected chi connectivity index (χ4v) is 4.93. The fourth-order valence-electron chi connectivity index (χ4n) is 2.63. The molecule has 17 heavy (non-hydrogen) atoms. The van der Waals surface area contributed by atoms with Crippen LogP contribution in [0.3, 0.4) is 0 Å². The smallest absolute Gasteiger partial charge is 0.195 e. The van der Waals surface area contributed by atoms with Gasteiger partial charge in [-0.05, 0) is 39.0 Å². The molecule has 0 aromatic carbocycles. The standard InChI is InChI=1S/C11H21ClN2O2S/c1-10-5-2-3-8-14(10)17(15,16)13-11(9-12)6-4-7-11/h10,13H,2-9H2,1H3. The number of nitrogens with zero attached hydrogens (tertiary/aromatic N) is 1. The van der Waals surface area contributed by atoms with E-state index in [9.17, 15) is 8.42 Å². The highest BCUT2D eigenvalue weighted by Gasteiger charge is 2.42. The summed E-state index contributed by atoms with van der Waals surface area (Å²) in [6.07, 6.45) is 5.81. The van der Waals surface area contributed by atoms with E-state index in [1.54, 1.807) is 4.31 Å². The lowest BCUT2D eigenvalue weighted by atomic mass is 9.79. The van der Waals surface area contributed by atoms with E-state index in [0.717, 1.165) is 38.5 Å². The lowest BCUT2D eigenvalue weighted by molar-refractivity contribution is 0.225. The Morgan fingerprint density at radius 2 is 2.06 bits per heavy atom. The third-order valence-electron chi connectivity index (χ3n) is 3.96. The van der Waals surface area contributed by atoms with E-state index in [0.29, 0.717) is 12.4 Å². The van der Waals surface area contributed by atoms with E-state index in [2.05, 4.69) is 4.72 Å². The Morgan fingerprint density at radius 3 is 2.53 bits per heavy atom.